The molecule has 0 bridgehead atoms. The van der Waals surface area contributed by atoms with Crippen LogP contribution >= 0.6 is 11.6 Å². The molecule has 0 aromatic heterocycles. The van der Waals surface area contributed by atoms with Gasteiger partial charge in [-0.25, -0.2) is 5.43 Å². The van der Waals surface area contributed by atoms with E-state index in [-0.39, 0.29) is 41.4 Å². The SMILES string of the molecule is N#CCCN(CC1CCCO1)C(=O)COc1ccc(/C=N/NC(=O)c2ccc(O)c(Cl)c2)c2ccccc12. The average Bonchev–Trinajstić information content (AvgIpc) is 3.45. The second kappa shape index (κ2) is 12.9. The highest BCUT2D eigenvalue weighted by Gasteiger charge is 2.23. The molecule has 1 atom stereocenters. The zero-order valence-electron chi connectivity index (χ0n) is 20.6. The number of rotatable bonds is 10. The molecule has 1 saturated heterocycles. The summed E-state index contributed by atoms with van der Waals surface area (Å²) in [5.41, 5.74) is 3.44. The molecule has 0 aliphatic carbocycles. The maximum atomic E-state index is 12.9. The van der Waals surface area contributed by atoms with E-state index in [0.717, 1.165) is 29.2 Å². The van der Waals surface area contributed by atoms with Gasteiger partial charge >= 0.3 is 0 Å². The molecule has 4 rings (SSSR count). The van der Waals surface area contributed by atoms with Gasteiger partial charge in [-0.05, 0) is 48.6 Å². The lowest BCUT2D eigenvalue weighted by Gasteiger charge is -2.24. The summed E-state index contributed by atoms with van der Waals surface area (Å²) in [5, 5.41) is 24.2. The van der Waals surface area contributed by atoms with Gasteiger partial charge in [-0.15, -0.1) is 0 Å². The molecule has 0 spiro atoms. The Labute approximate surface area is 225 Å². The molecule has 0 radical (unpaired) electrons. The molecular weight excluding hydrogens is 508 g/mol. The Balaban J connectivity index is 1.43. The normalized spacial score (nSPS) is 14.9. The van der Waals surface area contributed by atoms with Crippen molar-refractivity contribution in [1.29, 1.82) is 5.26 Å². The molecule has 1 heterocycles. The van der Waals surface area contributed by atoms with E-state index in [9.17, 15) is 14.7 Å². The van der Waals surface area contributed by atoms with Crippen LogP contribution in [-0.4, -0.2) is 60.4 Å². The van der Waals surface area contributed by atoms with Crippen molar-refractivity contribution < 1.29 is 24.2 Å². The van der Waals surface area contributed by atoms with Crippen LogP contribution in [0, 0.1) is 11.3 Å². The van der Waals surface area contributed by atoms with Gasteiger partial charge in [-0.1, -0.05) is 35.9 Å². The van der Waals surface area contributed by atoms with Crippen molar-refractivity contribution in [2.75, 3.05) is 26.3 Å². The molecule has 38 heavy (non-hydrogen) atoms. The average molecular weight is 535 g/mol. The number of aromatic hydroxyl groups is 1. The van der Waals surface area contributed by atoms with Crippen molar-refractivity contribution in [1.82, 2.24) is 10.3 Å². The maximum absolute atomic E-state index is 12.9. The molecule has 1 unspecified atom stereocenters. The second-order valence-electron chi connectivity index (χ2n) is 8.74. The van der Waals surface area contributed by atoms with Gasteiger partial charge < -0.3 is 19.5 Å². The van der Waals surface area contributed by atoms with E-state index in [4.69, 9.17) is 26.3 Å². The third-order valence-corrected chi connectivity index (χ3v) is 6.45. The predicted octanol–water partition coefficient (Wildman–Crippen LogP) is 4.26. The van der Waals surface area contributed by atoms with Crippen LogP contribution in [0.15, 0.2) is 59.7 Å². The molecule has 3 aromatic carbocycles. The minimum atomic E-state index is -0.477. The third-order valence-electron chi connectivity index (χ3n) is 6.14. The van der Waals surface area contributed by atoms with Gasteiger partial charge in [-0.2, -0.15) is 10.4 Å². The maximum Gasteiger partial charge on any atom is 0.271 e. The second-order valence-corrected chi connectivity index (χ2v) is 9.14. The lowest BCUT2D eigenvalue weighted by atomic mass is 10.0. The number of nitriles is 1. The van der Waals surface area contributed by atoms with Crippen LogP contribution in [0.2, 0.25) is 5.02 Å². The van der Waals surface area contributed by atoms with Gasteiger partial charge in [0.2, 0.25) is 0 Å². The van der Waals surface area contributed by atoms with Crippen LogP contribution in [0.25, 0.3) is 10.8 Å². The number of ether oxygens (including phenoxy) is 2. The Morgan fingerprint density at radius 1 is 1.24 bits per heavy atom. The topological polar surface area (TPSA) is 124 Å². The number of nitrogens with zero attached hydrogens (tertiary/aromatic N) is 3. The molecule has 10 heteroatoms. The van der Waals surface area contributed by atoms with Crippen molar-refractivity contribution in [2.45, 2.75) is 25.4 Å². The van der Waals surface area contributed by atoms with Crippen LogP contribution in [0.1, 0.15) is 35.2 Å². The van der Waals surface area contributed by atoms with E-state index < -0.39 is 5.91 Å². The number of phenols is 1. The summed E-state index contributed by atoms with van der Waals surface area (Å²) < 4.78 is 11.6. The van der Waals surface area contributed by atoms with Crippen molar-refractivity contribution >= 4 is 40.4 Å². The van der Waals surface area contributed by atoms with Gasteiger partial charge in [0.25, 0.3) is 11.8 Å². The first kappa shape index (κ1) is 26.9. The van der Waals surface area contributed by atoms with Crippen LogP contribution in [0.3, 0.4) is 0 Å². The van der Waals surface area contributed by atoms with Crippen molar-refractivity contribution in [3.05, 3.63) is 70.7 Å². The molecular formula is C28H27ClN4O5. The monoisotopic (exact) mass is 534 g/mol. The van der Waals surface area contributed by atoms with Crippen LogP contribution in [0.4, 0.5) is 0 Å². The van der Waals surface area contributed by atoms with E-state index in [1.807, 2.05) is 24.3 Å². The molecule has 2 amide bonds. The Bertz CT molecular complexity index is 1380. The Kier molecular flexibility index (Phi) is 9.14. The number of carbonyl (C=O) groups excluding carboxylic acids is 2. The zero-order valence-corrected chi connectivity index (χ0v) is 21.4. The molecule has 2 N–H and O–H groups in total. The van der Waals surface area contributed by atoms with Crippen molar-refractivity contribution in [3.8, 4) is 17.6 Å². The fourth-order valence-electron chi connectivity index (χ4n) is 4.17. The smallest absolute Gasteiger partial charge is 0.271 e. The molecule has 9 nitrogen and oxygen atoms in total. The number of hydrogen-bond acceptors (Lipinski definition) is 7. The number of halogens is 1. The number of fused-ring (bicyclic) bond motifs is 1. The number of phenolic OH excluding ortho intramolecular Hbond substituents is 1. The minimum absolute atomic E-state index is 0.0106. The Morgan fingerprint density at radius 3 is 2.79 bits per heavy atom. The molecule has 196 valence electrons. The Hall–Kier alpha value is -4.13. The number of nitrogens with one attached hydrogen (secondary N) is 1. The highest BCUT2D eigenvalue weighted by molar-refractivity contribution is 6.32. The first-order valence-corrected chi connectivity index (χ1v) is 12.6. The molecule has 0 saturated carbocycles. The highest BCUT2D eigenvalue weighted by Crippen LogP contribution is 2.28. The minimum Gasteiger partial charge on any atom is -0.506 e. The molecule has 3 aromatic rings. The number of amides is 2. The summed E-state index contributed by atoms with van der Waals surface area (Å²) in [5.74, 6) is -0.261. The van der Waals surface area contributed by atoms with Gasteiger partial charge in [0.15, 0.2) is 6.61 Å². The number of benzene rings is 3. The first-order valence-electron chi connectivity index (χ1n) is 12.2. The largest absolute Gasteiger partial charge is 0.506 e. The molecule has 1 fully saturated rings. The fourth-order valence-corrected chi connectivity index (χ4v) is 4.35. The number of hydrogen-bond donors (Lipinski definition) is 2. The summed E-state index contributed by atoms with van der Waals surface area (Å²) in [6.45, 7) is 1.30. The Morgan fingerprint density at radius 2 is 2.05 bits per heavy atom. The van der Waals surface area contributed by atoms with E-state index >= 15 is 0 Å². The first-order chi connectivity index (χ1) is 18.5. The summed E-state index contributed by atoms with van der Waals surface area (Å²) in [4.78, 5) is 26.9. The number of carbonyl (C=O) groups is 2. The highest BCUT2D eigenvalue weighted by atomic mass is 35.5. The van der Waals surface area contributed by atoms with Crippen LogP contribution in [-0.2, 0) is 9.53 Å². The standard InChI is InChI=1S/C28H27ClN4O5/c29-24-15-19(8-10-25(24)34)28(36)32-31-16-20-9-11-26(23-7-2-1-6-22(20)23)38-18-27(35)33(13-4-12-30)17-21-5-3-14-37-21/h1-2,6-11,15-16,21,34H,3-5,13-14,17-18H2,(H,32,36)/b31-16+. The van der Waals surface area contributed by atoms with Gasteiger partial charge in [-0.3, -0.25) is 9.59 Å². The summed E-state index contributed by atoms with van der Waals surface area (Å²) >= 11 is 5.87. The van der Waals surface area contributed by atoms with Gasteiger partial charge in [0.1, 0.15) is 11.5 Å². The molecule has 1 aliphatic rings. The summed E-state index contributed by atoms with van der Waals surface area (Å²) in [6, 6.07) is 17.3. The number of hydrazone groups is 1. The zero-order chi connectivity index (χ0) is 26.9. The van der Waals surface area contributed by atoms with E-state index in [1.165, 1.54) is 24.4 Å². The lowest BCUT2D eigenvalue weighted by molar-refractivity contribution is -0.134. The van der Waals surface area contributed by atoms with Crippen molar-refractivity contribution in [2.24, 2.45) is 5.10 Å². The van der Waals surface area contributed by atoms with Crippen molar-refractivity contribution in [3.63, 3.8) is 0 Å². The van der Waals surface area contributed by atoms with Gasteiger partial charge in [0, 0.05) is 36.2 Å². The van der Waals surface area contributed by atoms with Crippen LogP contribution < -0.4 is 10.2 Å². The third kappa shape index (κ3) is 6.79. The fraction of sp³-hybridized carbons (Fsp3) is 0.286. The van der Waals surface area contributed by atoms with E-state index in [1.54, 1.807) is 17.0 Å². The summed E-state index contributed by atoms with van der Waals surface area (Å²) in [6.07, 6.45) is 3.61. The summed E-state index contributed by atoms with van der Waals surface area (Å²) in [7, 11) is 0. The quantitative estimate of drug-likeness (QED) is 0.296. The van der Waals surface area contributed by atoms with Crippen LogP contribution in [0.5, 0.6) is 11.5 Å². The van der Waals surface area contributed by atoms with E-state index in [0.29, 0.717) is 25.4 Å². The van der Waals surface area contributed by atoms with Gasteiger partial charge in [0.05, 0.1) is 29.8 Å². The van der Waals surface area contributed by atoms with E-state index in [2.05, 4.69) is 16.6 Å². The molecule has 1 aliphatic heterocycles. The lowest BCUT2D eigenvalue weighted by Crippen LogP contribution is -2.40. The predicted molar refractivity (Wildman–Crippen MR) is 143 cm³/mol.